The average Bonchev–Trinajstić information content (AvgIpc) is 2.91. The Morgan fingerprint density at radius 3 is 2.95 bits per heavy atom. The third kappa shape index (κ3) is 2.32. The molecular weight excluding hydrogens is 273 g/mol. The summed E-state index contributed by atoms with van der Waals surface area (Å²) in [4.78, 5) is 4.27. The minimum atomic E-state index is -0.237. The number of hydrogen-bond donors (Lipinski definition) is 2. The lowest BCUT2D eigenvalue weighted by Crippen LogP contribution is -2.08. The molecule has 0 spiro atoms. The molecule has 0 bridgehead atoms. The van der Waals surface area contributed by atoms with Crippen LogP contribution in [0.15, 0.2) is 41.9 Å². The predicted molar refractivity (Wildman–Crippen MR) is 82.5 cm³/mol. The maximum Gasteiger partial charge on any atom is 0.123 e. The lowest BCUT2D eigenvalue weighted by Gasteiger charge is -2.17. The molecule has 2 aromatic carbocycles. The van der Waals surface area contributed by atoms with E-state index in [4.69, 9.17) is 5.73 Å². The third-order valence-electron chi connectivity index (χ3n) is 3.26. The zero-order valence-electron chi connectivity index (χ0n) is 10.9. The Labute approximate surface area is 120 Å². The van der Waals surface area contributed by atoms with Gasteiger partial charge in [-0.05, 0) is 36.8 Å². The number of rotatable bonds is 3. The number of hydrogen-bond acceptors (Lipinski definition) is 4. The molecule has 1 unspecified atom stereocenters. The Morgan fingerprint density at radius 1 is 1.30 bits per heavy atom. The molecule has 0 aliphatic carbocycles. The predicted octanol–water partition coefficient (Wildman–Crippen LogP) is 4.19. The van der Waals surface area contributed by atoms with Gasteiger partial charge in [0.15, 0.2) is 0 Å². The first kappa shape index (κ1) is 12.9. The summed E-state index contributed by atoms with van der Waals surface area (Å²) in [6.07, 6.45) is 0. The molecule has 0 fully saturated rings. The molecule has 0 amide bonds. The number of nitrogens with zero attached hydrogens (tertiary/aromatic N) is 1. The molecule has 3 aromatic rings. The quantitative estimate of drug-likeness (QED) is 0.710. The Hall–Kier alpha value is -2.14. The molecule has 1 aromatic heterocycles. The molecule has 0 saturated heterocycles. The maximum absolute atomic E-state index is 13.3. The zero-order chi connectivity index (χ0) is 14.1. The van der Waals surface area contributed by atoms with Crippen LogP contribution in [-0.2, 0) is 0 Å². The summed E-state index contributed by atoms with van der Waals surface area (Å²) < 4.78 is 14.3. The highest BCUT2D eigenvalue weighted by molar-refractivity contribution is 7.16. The molecule has 0 radical (unpaired) electrons. The fourth-order valence-corrected chi connectivity index (χ4v) is 2.86. The smallest absolute Gasteiger partial charge is 0.123 e. The van der Waals surface area contributed by atoms with Gasteiger partial charge in [0.2, 0.25) is 0 Å². The van der Waals surface area contributed by atoms with E-state index in [0.717, 1.165) is 21.5 Å². The van der Waals surface area contributed by atoms with E-state index in [-0.39, 0.29) is 11.9 Å². The van der Waals surface area contributed by atoms with Crippen LogP contribution >= 0.6 is 11.3 Å². The van der Waals surface area contributed by atoms with Crippen LogP contribution in [0.4, 0.5) is 15.8 Å². The fraction of sp³-hybridized carbons (Fsp3) is 0.133. The molecule has 3 nitrogen and oxygen atoms in total. The van der Waals surface area contributed by atoms with Crippen LogP contribution in [0, 0.1) is 5.82 Å². The van der Waals surface area contributed by atoms with Crippen LogP contribution in [0.3, 0.4) is 0 Å². The molecular formula is C15H14FN3S. The van der Waals surface area contributed by atoms with E-state index >= 15 is 0 Å². The second-order valence-electron chi connectivity index (χ2n) is 4.65. The van der Waals surface area contributed by atoms with E-state index in [1.807, 2.05) is 25.1 Å². The van der Waals surface area contributed by atoms with Gasteiger partial charge in [-0.3, -0.25) is 0 Å². The van der Waals surface area contributed by atoms with E-state index < -0.39 is 0 Å². The van der Waals surface area contributed by atoms with Gasteiger partial charge in [-0.2, -0.15) is 0 Å². The van der Waals surface area contributed by atoms with E-state index in [1.165, 1.54) is 12.1 Å². The summed E-state index contributed by atoms with van der Waals surface area (Å²) in [5.41, 5.74) is 11.0. The first-order valence-electron chi connectivity index (χ1n) is 6.29. The highest BCUT2D eigenvalue weighted by atomic mass is 32.1. The van der Waals surface area contributed by atoms with Gasteiger partial charge in [-0.15, -0.1) is 11.3 Å². The number of nitrogens with two attached hydrogens (primary N) is 1. The molecule has 0 saturated carbocycles. The number of nitrogens with one attached hydrogen (secondary N) is 1. The van der Waals surface area contributed by atoms with Gasteiger partial charge in [0.1, 0.15) is 11.3 Å². The first-order chi connectivity index (χ1) is 9.65. The minimum Gasteiger partial charge on any atom is -0.395 e. The molecule has 5 heteroatoms. The lowest BCUT2D eigenvalue weighted by atomic mass is 10.1. The molecule has 1 heterocycles. The van der Waals surface area contributed by atoms with Crippen molar-refractivity contribution < 1.29 is 4.39 Å². The lowest BCUT2D eigenvalue weighted by molar-refractivity contribution is 0.623. The molecule has 3 rings (SSSR count). The Kier molecular flexibility index (Phi) is 3.28. The number of halogens is 1. The van der Waals surface area contributed by atoms with Crippen LogP contribution in [0.2, 0.25) is 0 Å². The standard InChI is InChI=1S/C15H14FN3S/c1-9(10-3-2-4-11(16)7-10)19-12-5-6-13-15(14(12)17)18-8-20-13/h2-9,19H,17H2,1H3. The topological polar surface area (TPSA) is 50.9 Å². The third-order valence-corrected chi connectivity index (χ3v) is 4.06. The largest absolute Gasteiger partial charge is 0.395 e. The molecule has 3 N–H and O–H groups in total. The number of benzene rings is 2. The highest BCUT2D eigenvalue weighted by Gasteiger charge is 2.11. The fourth-order valence-electron chi connectivity index (χ4n) is 2.17. The second-order valence-corrected chi connectivity index (χ2v) is 5.53. The van der Waals surface area contributed by atoms with E-state index in [0.29, 0.717) is 5.69 Å². The van der Waals surface area contributed by atoms with Crippen molar-refractivity contribution in [2.75, 3.05) is 11.1 Å². The van der Waals surface area contributed by atoms with Gasteiger partial charge in [-0.25, -0.2) is 9.37 Å². The van der Waals surface area contributed by atoms with Gasteiger partial charge < -0.3 is 11.1 Å². The Balaban J connectivity index is 1.90. The van der Waals surface area contributed by atoms with Gasteiger partial charge in [-0.1, -0.05) is 12.1 Å². The number of thiazole rings is 1. The SMILES string of the molecule is CC(Nc1ccc2scnc2c1N)c1cccc(F)c1. The molecule has 1 atom stereocenters. The van der Waals surface area contributed by atoms with E-state index in [2.05, 4.69) is 10.3 Å². The molecule has 0 aliphatic heterocycles. The van der Waals surface area contributed by atoms with Gasteiger partial charge in [0.25, 0.3) is 0 Å². The summed E-state index contributed by atoms with van der Waals surface area (Å²) >= 11 is 1.56. The monoisotopic (exact) mass is 287 g/mol. The van der Waals surface area contributed by atoms with Crippen molar-refractivity contribution in [2.45, 2.75) is 13.0 Å². The zero-order valence-corrected chi connectivity index (χ0v) is 11.7. The molecule has 102 valence electrons. The van der Waals surface area contributed by atoms with Crippen molar-refractivity contribution in [3.63, 3.8) is 0 Å². The summed E-state index contributed by atoms with van der Waals surface area (Å²) in [5.74, 6) is -0.237. The molecule has 20 heavy (non-hydrogen) atoms. The van der Waals surface area contributed by atoms with Crippen LogP contribution in [0.25, 0.3) is 10.2 Å². The van der Waals surface area contributed by atoms with Crippen molar-refractivity contribution >= 4 is 32.9 Å². The summed E-state index contributed by atoms with van der Waals surface area (Å²) in [7, 11) is 0. The van der Waals surface area contributed by atoms with Crippen molar-refractivity contribution in [2.24, 2.45) is 0 Å². The van der Waals surface area contributed by atoms with Gasteiger partial charge >= 0.3 is 0 Å². The van der Waals surface area contributed by atoms with Crippen molar-refractivity contribution in [3.05, 3.63) is 53.3 Å². The number of anilines is 2. The van der Waals surface area contributed by atoms with Crippen LogP contribution in [0.1, 0.15) is 18.5 Å². The van der Waals surface area contributed by atoms with Gasteiger partial charge in [0.05, 0.1) is 21.6 Å². The Morgan fingerprint density at radius 2 is 2.15 bits per heavy atom. The molecule has 0 aliphatic rings. The minimum absolute atomic E-state index is 0.0379. The van der Waals surface area contributed by atoms with E-state index in [1.54, 1.807) is 22.9 Å². The van der Waals surface area contributed by atoms with Crippen molar-refractivity contribution in [1.82, 2.24) is 4.98 Å². The van der Waals surface area contributed by atoms with Gasteiger partial charge in [0, 0.05) is 6.04 Å². The van der Waals surface area contributed by atoms with Crippen LogP contribution < -0.4 is 11.1 Å². The summed E-state index contributed by atoms with van der Waals surface area (Å²) in [6.45, 7) is 1.97. The second kappa shape index (κ2) is 5.09. The number of aromatic nitrogens is 1. The van der Waals surface area contributed by atoms with Crippen LogP contribution in [0.5, 0.6) is 0 Å². The summed E-state index contributed by atoms with van der Waals surface area (Å²) in [5, 5.41) is 3.31. The van der Waals surface area contributed by atoms with Crippen molar-refractivity contribution in [1.29, 1.82) is 0 Å². The Bertz CT molecular complexity index is 754. The maximum atomic E-state index is 13.3. The van der Waals surface area contributed by atoms with Crippen LogP contribution in [-0.4, -0.2) is 4.98 Å². The van der Waals surface area contributed by atoms with E-state index in [9.17, 15) is 4.39 Å². The highest BCUT2D eigenvalue weighted by Crippen LogP contribution is 2.32. The van der Waals surface area contributed by atoms with Crippen molar-refractivity contribution in [3.8, 4) is 0 Å². The average molecular weight is 287 g/mol. The summed E-state index contributed by atoms with van der Waals surface area (Å²) in [6, 6.07) is 10.4. The number of nitrogen functional groups attached to an aromatic ring is 1. The normalized spacial score (nSPS) is 12.5. The first-order valence-corrected chi connectivity index (χ1v) is 7.17. The number of fused-ring (bicyclic) bond motifs is 1.